The Morgan fingerprint density at radius 2 is 1.94 bits per heavy atom. The number of pyridine rings is 1. The van der Waals surface area contributed by atoms with Crippen LogP contribution in [-0.4, -0.2) is 11.3 Å². The molecule has 1 rings (SSSR count). The number of alkyl halides is 5. The zero-order valence-corrected chi connectivity index (χ0v) is 9.94. The molecule has 0 aliphatic carbocycles. The topological polar surface area (TPSA) is 22.1 Å². The molecule has 16 heavy (non-hydrogen) atoms. The van der Waals surface area contributed by atoms with Crippen LogP contribution < -0.4 is 4.74 Å². The molecule has 0 radical (unpaired) electrons. The Bertz CT molecular complexity index is 370. The van der Waals surface area contributed by atoms with E-state index < -0.39 is 18.7 Å². The van der Waals surface area contributed by atoms with Crippen LogP contribution in [0, 0.1) is 10.6 Å². The first-order valence-corrected chi connectivity index (χ1v) is 4.99. The maximum absolute atomic E-state index is 12.5. The number of aromatic nitrogens is 1. The fourth-order valence-electron chi connectivity index (χ4n) is 1.05. The van der Waals surface area contributed by atoms with E-state index in [0.717, 1.165) is 6.07 Å². The van der Waals surface area contributed by atoms with Crippen molar-refractivity contribution in [3.05, 3.63) is 20.9 Å². The summed E-state index contributed by atoms with van der Waals surface area (Å²) in [5.74, 6) is -0.737. The lowest BCUT2D eigenvalue weighted by molar-refractivity contribution is -0.276. The second-order valence-electron chi connectivity index (χ2n) is 2.83. The number of rotatable bonds is 2. The summed E-state index contributed by atoms with van der Waals surface area (Å²) in [7, 11) is 0. The van der Waals surface area contributed by atoms with Crippen molar-refractivity contribution in [1.82, 2.24) is 4.98 Å². The minimum Gasteiger partial charge on any atom is -0.388 e. The summed E-state index contributed by atoms with van der Waals surface area (Å²) in [6.45, 7) is 1.27. The zero-order chi connectivity index (χ0) is 12.5. The first kappa shape index (κ1) is 13.4. The molecule has 0 amide bonds. The highest BCUT2D eigenvalue weighted by Gasteiger charge is 2.32. The minimum absolute atomic E-state index is 0.00801. The highest BCUT2D eigenvalue weighted by atomic mass is 127. The van der Waals surface area contributed by atoms with Gasteiger partial charge in [0.05, 0.1) is 5.56 Å². The second kappa shape index (κ2) is 4.68. The molecule has 0 unspecified atom stereocenters. The molecular weight excluding hydrogens is 348 g/mol. The minimum atomic E-state index is -4.88. The maximum atomic E-state index is 12.5. The van der Waals surface area contributed by atoms with Crippen LogP contribution in [0.4, 0.5) is 22.0 Å². The van der Waals surface area contributed by atoms with Crippen LogP contribution in [0.5, 0.6) is 5.88 Å². The van der Waals surface area contributed by atoms with Gasteiger partial charge >= 0.3 is 6.36 Å². The number of hydrogen-bond acceptors (Lipinski definition) is 2. The van der Waals surface area contributed by atoms with Gasteiger partial charge in [-0.25, -0.2) is 13.8 Å². The summed E-state index contributed by atoms with van der Waals surface area (Å²) in [5.41, 5.74) is -0.372. The Balaban J connectivity index is 3.10. The zero-order valence-electron chi connectivity index (χ0n) is 7.78. The molecule has 0 saturated heterocycles. The fourth-order valence-corrected chi connectivity index (χ4v) is 1.95. The Labute approximate surface area is 101 Å². The lowest BCUT2D eigenvalue weighted by Crippen LogP contribution is -2.18. The van der Waals surface area contributed by atoms with Gasteiger partial charge in [-0.15, -0.1) is 13.2 Å². The van der Waals surface area contributed by atoms with E-state index in [-0.39, 0.29) is 14.8 Å². The standard InChI is InChI=1S/C8H5F5INO/c1-3-2-4(16-8(11,12)13)15-7(14)5(3)6(9)10/h2,6H,1H3. The van der Waals surface area contributed by atoms with E-state index in [2.05, 4.69) is 9.72 Å². The van der Waals surface area contributed by atoms with E-state index in [9.17, 15) is 22.0 Å². The summed E-state index contributed by atoms with van der Waals surface area (Å²) in [5, 5.41) is 0. The molecule has 0 aliphatic rings. The number of hydrogen-bond donors (Lipinski definition) is 0. The first-order valence-electron chi connectivity index (χ1n) is 3.91. The van der Waals surface area contributed by atoms with Crippen LogP contribution in [0.3, 0.4) is 0 Å². The van der Waals surface area contributed by atoms with E-state index in [1.54, 1.807) is 0 Å². The highest BCUT2D eigenvalue weighted by Crippen LogP contribution is 2.30. The summed E-state index contributed by atoms with van der Waals surface area (Å²) in [6, 6.07) is 0.831. The van der Waals surface area contributed by atoms with Crippen LogP contribution >= 0.6 is 22.6 Å². The van der Waals surface area contributed by atoms with Gasteiger partial charge in [-0.05, 0) is 35.1 Å². The molecule has 90 valence electrons. The van der Waals surface area contributed by atoms with Gasteiger partial charge in [0.25, 0.3) is 6.43 Å². The van der Waals surface area contributed by atoms with Crippen LogP contribution in [-0.2, 0) is 0 Å². The summed E-state index contributed by atoms with van der Waals surface area (Å²) >= 11 is 1.44. The molecule has 0 N–H and O–H groups in total. The van der Waals surface area contributed by atoms with Crippen LogP contribution in [0.1, 0.15) is 17.6 Å². The average molecular weight is 353 g/mol. The largest absolute Gasteiger partial charge is 0.574 e. The molecule has 0 aliphatic heterocycles. The van der Waals surface area contributed by atoms with Crippen LogP contribution in [0.25, 0.3) is 0 Å². The lowest BCUT2D eigenvalue weighted by Gasteiger charge is -2.11. The third-order valence-electron chi connectivity index (χ3n) is 1.63. The van der Waals surface area contributed by atoms with Crippen molar-refractivity contribution in [3.63, 3.8) is 0 Å². The molecule has 1 aromatic rings. The van der Waals surface area contributed by atoms with E-state index in [4.69, 9.17) is 0 Å². The van der Waals surface area contributed by atoms with Gasteiger partial charge in [0.15, 0.2) is 0 Å². The molecule has 0 spiro atoms. The van der Waals surface area contributed by atoms with Gasteiger partial charge in [-0.3, -0.25) is 0 Å². The van der Waals surface area contributed by atoms with Crippen molar-refractivity contribution in [1.29, 1.82) is 0 Å². The van der Waals surface area contributed by atoms with Gasteiger partial charge in [-0.1, -0.05) is 0 Å². The molecule has 0 fully saturated rings. The number of aryl methyl sites for hydroxylation is 1. The normalized spacial score (nSPS) is 12.0. The van der Waals surface area contributed by atoms with E-state index >= 15 is 0 Å². The molecule has 0 saturated carbocycles. The van der Waals surface area contributed by atoms with Gasteiger partial charge in [0, 0.05) is 6.07 Å². The molecule has 0 bridgehead atoms. The van der Waals surface area contributed by atoms with Gasteiger partial charge in [0.2, 0.25) is 5.88 Å². The molecule has 1 heterocycles. The SMILES string of the molecule is Cc1cc(OC(F)(F)F)nc(I)c1C(F)F. The second-order valence-corrected chi connectivity index (χ2v) is 3.85. The van der Waals surface area contributed by atoms with E-state index in [0.29, 0.717) is 0 Å². The first-order chi connectivity index (χ1) is 7.20. The summed E-state index contributed by atoms with van der Waals surface area (Å²) < 4.78 is 63.8. The van der Waals surface area contributed by atoms with E-state index in [1.165, 1.54) is 29.5 Å². The number of ether oxygens (including phenoxy) is 1. The van der Waals surface area contributed by atoms with Crippen molar-refractivity contribution in [3.8, 4) is 5.88 Å². The molecule has 0 atom stereocenters. The third kappa shape index (κ3) is 3.42. The molecule has 1 aromatic heterocycles. The van der Waals surface area contributed by atoms with Crippen molar-refractivity contribution < 1.29 is 26.7 Å². The summed E-state index contributed by atoms with van der Waals surface area (Å²) in [6.07, 6.45) is -7.66. The van der Waals surface area contributed by atoms with Gasteiger partial charge in [0.1, 0.15) is 3.70 Å². The maximum Gasteiger partial charge on any atom is 0.574 e. The van der Waals surface area contributed by atoms with Gasteiger partial charge < -0.3 is 4.74 Å². The number of nitrogens with zero attached hydrogens (tertiary/aromatic N) is 1. The van der Waals surface area contributed by atoms with Crippen molar-refractivity contribution in [2.45, 2.75) is 19.7 Å². The van der Waals surface area contributed by atoms with Crippen molar-refractivity contribution in [2.75, 3.05) is 0 Å². The smallest absolute Gasteiger partial charge is 0.388 e. The quantitative estimate of drug-likeness (QED) is 0.458. The Kier molecular flexibility index (Phi) is 3.92. The molecule has 2 nitrogen and oxygen atoms in total. The Morgan fingerprint density at radius 3 is 2.31 bits per heavy atom. The Hall–Kier alpha value is -0.670. The lowest BCUT2D eigenvalue weighted by atomic mass is 10.2. The molecule has 8 heteroatoms. The monoisotopic (exact) mass is 353 g/mol. The van der Waals surface area contributed by atoms with Crippen molar-refractivity contribution >= 4 is 22.6 Å². The summed E-state index contributed by atoms with van der Waals surface area (Å²) in [4.78, 5) is 3.31. The van der Waals surface area contributed by atoms with Gasteiger partial charge in [-0.2, -0.15) is 0 Å². The highest BCUT2D eigenvalue weighted by molar-refractivity contribution is 14.1. The number of halogens is 6. The molecule has 0 aromatic carbocycles. The third-order valence-corrected chi connectivity index (χ3v) is 2.46. The Morgan fingerprint density at radius 1 is 1.38 bits per heavy atom. The van der Waals surface area contributed by atoms with Crippen LogP contribution in [0.15, 0.2) is 6.07 Å². The predicted molar refractivity (Wildman–Crippen MR) is 53.3 cm³/mol. The predicted octanol–water partition coefficient (Wildman–Crippen LogP) is 3.83. The molecular formula is C8H5F5INO. The van der Waals surface area contributed by atoms with E-state index in [1.807, 2.05) is 0 Å². The van der Waals surface area contributed by atoms with Crippen molar-refractivity contribution in [2.24, 2.45) is 0 Å². The van der Waals surface area contributed by atoms with Crippen LogP contribution in [0.2, 0.25) is 0 Å². The fraction of sp³-hybridized carbons (Fsp3) is 0.375. The average Bonchev–Trinajstić information content (AvgIpc) is 1.96.